The van der Waals surface area contributed by atoms with Gasteiger partial charge in [0.25, 0.3) is 5.91 Å². The number of aromatic nitrogens is 1. The van der Waals surface area contributed by atoms with Gasteiger partial charge in [0.05, 0.1) is 0 Å². The number of aromatic amines is 1. The number of ether oxygens (including phenoxy) is 2. The number of rotatable bonds is 4. The molecular formula is C22H24N2O3. The predicted molar refractivity (Wildman–Crippen MR) is 106 cm³/mol. The Labute approximate surface area is 158 Å². The monoisotopic (exact) mass is 364 g/mol. The molecule has 27 heavy (non-hydrogen) atoms. The van der Waals surface area contributed by atoms with E-state index in [1.807, 2.05) is 48.2 Å². The van der Waals surface area contributed by atoms with Gasteiger partial charge in [-0.05, 0) is 50.6 Å². The Morgan fingerprint density at radius 2 is 1.96 bits per heavy atom. The van der Waals surface area contributed by atoms with Gasteiger partial charge in [0.1, 0.15) is 13.2 Å². The molecule has 0 atom stereocenters. The fourth-order valence-electron chi connectivity index (χ4n) is 3.57. The van der Waals surface area contributed by atoms with Crippen molar-refractivity contribution in [1.82, 2.24) is 9.88 Å². The van der Waals surface area contributed by atoms with Crippen LogP contribution in [0.15, 0.2) is 36.4 Å². The highest BCUT2D eigenvalue weighted by molar-refractivity contribution is 5.99. The van der Waals surface area contributed by atoms with Crippen LogP contribution in [-0.2, 0) is 6.54 Å². The second-order valence-corrected chi connectivity index (χ2v) is 6.90. The number of carbonyl (C=O) groups excluding carboxylic acids is 1. The number of hydrogen-bond donors (Lipinski definition) is 1. The van der Waals surface area contributed by atoms with E-state index in [0.29, 0.717) is 31.9 Å². The maximum atomic E-state index is 13.2. The maximum Gasteiger partial charge on any atom is 0.254 e. The van der Waals surface area contributed by atoms with Crippen molar-refractivity contribution < 1.29 is 14.3 Å². The first-order chi connectivity index (χ1) is 13.1. The minimum absolute atomic E-state index is 0.0204. The number of benzene rings is 2. The highest BCUT2D eigenvalue weighted by atomic mass is 16.6. The molecule has 3 aromatic rings. The Bertz CT molecular complexity index is 1010. The van der Waals surface area contributed by atoms with Crippen LogP contribution in [0.3, 0.4) is 0 Å². The molecule has 0 bridgehead atoms. The van der Waals surface area contributed by atoms with Crippen LogP contribution in [0.25, 0.3) is 10.9 Å². The van der Waals surface area contributed by atoms with Crippen molar-refractivity contribution in [3.05, 3.63) is 58.8 Å². The van der Waals surface area contributed by atoms with E-state index >= 15 is 0 Å². The van der Waals surface area contributed by atoms with Gasteiger partial charge in [-0.2, -0.15) is 0 Å². The number of amides is 1. The van der Waals surface area contributed by atoms with Gasteiger partial charge in [-0.15, -0.1) is 0 Å². The molecule has 0 radical (unpaired) electrons. The van der Waals surface area contributed by atoms with E-state index in [9.17, 15) is 4.79 Å². The number of para-hydroxylation sites is 1. The Morgan fingerprint density at radius 3 is 2.78 bits per heavy atom. The molecule has 1 aliphatic rings. The van der Waals surface area contributed by atoms with E-state index in [0.717, 1.165) is 33.7 Å². The summed E-state index contributed by atoms with van der Waals surface area (Å²) in [5, 5.41) is 1.10. The summed E-state index contributed by atoms with van der Waals surface area (Å²) in [5.41, 5.74) is 5.05. The third-order valence-electron chi connectivity index (χ3n) is 5.23. The number of nitrogens with zero attached hydrogens (tertiary/aromatic N) is 1. The van der Waals surface area contributed by atoms with E-state index in [4.69, 9.17) is 9.47 Å². The van der Waals surface area contributed by atoms with Gasteiger partial charge in [0.2, 0.25) is 0 Å². The molecule has 0 saturated carbocycles. The summed E-state index contributed by atoms with van der Waals surface area (Å²) < 4.78 is 11.5. The van der Waals surface area contributed by atoms with Gasteiger partial charge in [0.15, 0.2) is 11.5 Å². The predicted octanol–water partition coefficient (Wildman–Crippen LogP) is 4.22. The summed E-state index contributed by atoms with van der Waals surface area (Å²) in [6, 6.07) is 11.7. The molecular weight excluding hydrogens is 340 g/mol. The molecule has 0 unspecified atom stereocenters. The Kier molecular flexibility index (Phi) is 4.52. The summed E-state index contributed by atoms with van der Waals surface area (Å²) in [4.78, 5) is 18.3. The Hall–Kier alpha value is -2.95. The minimum atomic E-state index is 0.0204. The third-order valence-corrected chi connectivity index (χ3v) is 5.23. The molecule has 0 spiro atoms. The summed E-state index contributed by atoms with van der Waals surface area (Å²) in [6.07, 6.45) is 0. The fraction of sp³-hybridized carbons (Fsp3) is 0.318. The van der Waals surface area contributed by atoms with E-state index in [1.54, 1.807) is 0 Å². The standard InChI is InChI=1S/C22H24N2O3/c1-4-24(13-17-6-5-7-20-21(17)27-11-10-26-20)22(25)16-8-9-19-18(12-16)14(2)15(3)23-19/h5-9,12,23H,4,10-11,13H2,1-3H3. The number of aryl methyl sites for hydroxylation is 2. The van der Waals surface area contributed by atoms with Crippen molar-refractivity contribution in [2.75, 3.05) is 19.8 Å². The number of carbonyl (C=O) groups is 1. The van der Waals surface area contributed by atoms with Gasteiger partial charge in [0, 0.05) is 40.8 Å². The minimum Gasteiger partial charge on any atom is -0.486 e. The van der Waals surface area contributed by atoms with Crippen molar-refractivity contribution >= 4 is 16.8 Å². The van der Waals surface area contributed by atoms with E-state index in [1.165, 1.54) is 5.56 Å². The molecule has 1 amide bonds. The smallest absolute Gasteiger partial charge is 0.254 e. The van der Waals surface area contributed by atoms with Crippen molar-refractivity contribution in [3.63, 3.8) is 0 Å². The van der Waals surface area contributed by atoms with Crippen molar-refractivity contribution in [2.45, 2.75) is 27.3 Å². The van der Waals surface area contributed by atoms with Gasteiger partial charge in [-0.1, -0.05) is 12.1 Å². The van der Waals surface area contributed by atoms with Crippen molar-refractivity contribution in [2.24, 2.45) is 0 Å². The van der Waals surface area contributed by atoms with Crippen LogP contribution in [0.4, 0.5) is 0 Å². The quantitative estimate of drug-likeness (QED) is 0.754. The third kappa shape index (κ3) is 3.14. The lowest BCUT2D eigenvalue weighted by molar-refractivity contribution is 0.0749. The molecule has 0 fully saturated rings. The van der Waals surface area contributed by atoms with E-state index in [-0.39, 0.29) is 5.91 Å². The lowest BCUT2D eigenvalue weighted by Crippen LogP contribution is -2.30. The van der Waals surface area contributed by atoms with Crippen LogP contribution in [-0.4, -0.2) is 35.5 Å². The van der Waals surface area contributed by atoms with Crippen LogP contribution in [0.2, 0.25) is 0 Å². The number of fused-ring (bicyclic) bond motifs is 2. The molecule has 0 aliphatic carbocycles. The zero-order chi connectivity index (χ0) is 19.0. The Balaban J connectivity index is 1.63. The highest BCUT2D eigenvalue weighted by Crippen LogP contribution is 2.34. The highest BCUT2D eigenvalue weighted by Gasteiger charge is 2.21. The largest absolute Gasteiger partial charge is 0.486 e. The van der Waals surface area contributed by atoms with Gasteiger partial charge >= 0.3 is 0 Å². The molecule has 5 nitrogen and oxygen atoms in total. The van der Waals surface area contributed by atoms with E-state index in [2.05, 4.69) is 18.8 Å². The van der Waals surface area contributed by atoms with Crippen molar-refractivity contribution in [3.8, 4) is 11.5 Å². The van der Waals surface area contributed by atoms with Crippen LogP contribution in [0.5, 0.6) is 11.5 Å². The van der Waals surface area contributed by atoms with Gasteiger partial charge < -0.3 is 19.4 Å². The average molecular weight is 364 g/mol. The van der Waals surface area contributed by atoms with Crippen LogP contribution >= 0.6 is 0 Å². The zero-order valence-corrected chi connectivity index (χ0v) is 16.0. The molecule has 1 aromatic heterocycles. The van der Waals surface area contributed by atoms with Gasteiger partial charge in [-0.3, -0.25) is 4.79 Å². The second-order valence-electron chi connectivity index (χ2n) is 6.90. The zero-order valence-electron chi connectivity index (χ0n) is 16.0. The van der Waals surface area contributed by atoms with Crippen LogP contribution in [0, 0.1) is 13.8 Å². The van der Waals surface area contributed by atoms with E-state index < -0.39 is 0 Å². The topological polar surface area (TPSA) is 54.6 Å². The number of H-pyrrole nitrogens is 1. The summed E-state index contributed by atoms with van der Waals surface area (Å²) in [6.45, 7) is 8.32. The van der Waals surface area contributed by atoms with Crippen molar-refractivity contribution in [1.29, 1.82) is 0 Å². The first-order valence-electron chi connectivity index (χ1n) is 9.34. The van der Waals surface area contributed by atoms with Crippen LogP contribution < -0.4 is 9.47 Å². The molecule has 4 rings (SSSR count). The van der Waals surface area contributed by atoms with Gasteiger partial charge in [-0.25, -0.2) is 0 Å². The second kappa shape index (κ2) is 6.99. The molecule has 5 heteroatoms. The molecule has 140 valence electrons. The first kappa shape index (κ1) is 17.5. The first-order valence-corrected chi connectivity index (χ1v) is 9.34. The molecule has 0 saturated heterocycles. The van der Waals surface area contributed by atoms with Crippen LogP contribution in [0.1, 0.15) is 34.1 Å². The molecule has 2 heterocycles. The fourth-order valence-corrected chi connectivity index (χ4v) is 3.57. The molecule has 1 aliphatic heterocycles. The normalized spacial score (nSPS) is 13.0. The summed E-state index contributed by atoms with van der Waals surface area (Å²) in [7, 11) is 0. The summed E-state index contributed by atoms with van der Waals surface area (Å²) >= 11 is 0. The molecule has 1 N–H and O–H groups in total. The maximum absolute atomic E-state index is 13.2. The number of hydrogen-bond acceptors (Lipinski definition) is 3. The number of nitrogens with one attached hydrogen (secondary N) is 1. The molecule has 2 aromatic carbocycles. The SMILES string of the molecule is CCN(Cc1cccc2c1OCCO2)C(=O)c1ccc2[nH]c(C)c(C)c2c1. The lowest BCUT2D eigenvalue weighted by atomic mass is 10.1. The summed E-state index contributed by atoms with van der Waals surface area (Å²) in [5.74, 6) is 1.52. The average Bonchev–Trinajstić information content (AvgIpc) is 2.99. The lowest BCUT2D eigenvalue weighted by Gasteiger charge is -2.25. The Morgan fingerprint density at radius 1 is 1.15 bits per heavy atom.